The van der Waals surface area contributed by atoms with Crippen LogP contribution >= 0.6 is 67.8 Å². The summed E-state index contributed by atoms with van der Waals surface area (Å²) in [7, 11) is 1.40. The molecule has 4 atom stereocenters. The number of hydrogen-bond donors (Lipinski definition) is 8. The van der Waals surface area contributed by atoms with Crippen LogP contribution in [0, 0.1) is 10.7 Å². The maximum atomic E-state index is 12.6. The van der Waals surface area contributed by atoms with E-state index in [2.05, 4.69) is 10.6 Å². The maximum absolute atomic E-state index is 12.6. The van der Waals surface area contributed by atoms with E-state index in [-0.39, 0.29) is 33.7 Å². The summed E-state index contributed by atoms with van der Waals surface area (Å²) in [6, 6.07) is 0. The molecule has 0 fully saturated rings. The molecule has 1 aromatic rings. The van der Waals surface area contributed by atoms with Gasteiger partial charge in [-0.2, -0.15) is 0 Å². The second-order valence-electron chi connectivity index (χ2n) is 6.68. The molecule has 15 heteroatoms. The summed E-state index contributed by atoms with van der Waals surface area (Å²) in [5.74, 6) is -2.13. The van der Waals surface area contributed by atoms with Crippen LogP contribution in [0.25, 0.3) is 0 Å². The molecule has 3 amide bonds. The standard InChI is InChI=1S/C18H24I3N3O9/c1-6(27)24(3-4-25)13-10(20)8(17(32)22-2)9(19)12(11(13)21)23-18(33)16(31)15(30)14(29)7(28)5-26/h7,14-16,25-26,28-31H,3-5H2,1-2H3,(H,22,32)(H,23,33)/t7-,14-,15-,16-/m1/s1. The highest BCUT2D eigenvalue weighted by Crippen LogP contribution is 2.41. The van der Waals surface area contributed by atoms with Crippen molar-refractivity contribution < 1.29 is 45.0 Å². The SMILES string of the molecule is CNC(=O)c1c(I)c(NC(=O)[C@H](O)[C@H](O)[C@H](O)[C@H](O)CO)c(I)c(N(CCO)C(C)=O)c1I. The molecular formula is C18H24I3N3O9. The van der Waals surface area contributed by atoms with Crippen molar-refractivity contribution in [2.75, 3.05) is 37.0 Å². The van der Waals surface area contributed by atoms with Crippen LogP contribution < -0.4 is 15.5 Å². The highest BCUT2D eigenvalue weighted by molar-refractivity contribution is 14.1. The number of hydrogen-bond acceptors (Lipinski definition) is 9. The fourth-order valence-electron chi connectivity index (χ4n) is 2.72. The lowest BCUT2D eigenvalue weighted by Gasteiger charge is -2.28. The number of rotatable bonds is 10. The van der Waals surface area contributed by atoms with E-state index in [1.165, 1.54) is 18.9 Å². The minimum Gasteiger partial charge on any atom is -0.395 e. The van der Waals surface area contributed by atoms with Crippen molar-refractivity contribution in [3.8, 4) is 0 Å². The van der Waals surface area contributed by atoms with Crippen LogP contribution in [0.4, 0.5) is 11.4 Å². The molecule has 0 aliphatic rings. The van der Waals surface area contributed by atoms with Crippen LogP contribution in [0.15, 0.2) is 0 Å². The molecule has 1 rings (SSSR count). The number of aliphatic hydroxyl groups excluding tert-OH is 6. The number of amides is 3. The lowest BCUT2D eigenvalue weighted by Crippen LogP contribution is -2.50. The van der Waals surface area contributed by atoms with Crippen LogP contribution in [0.2, 0.25) is 0 Å². The molecule has 186 valence electrons. The predicted octanol–water partition coefficient (Wildman–Crippen LogP) is -1.42. The summed E-state index contributed by atoms with van der Waals surface area (Å²) in [4.78, 5) is 38.7. The van der Waals surface area contributed by atoms with Crippen LogP contribution in [0.5, 0.6) is 0 Å². The van der Waals surface area contributed by atoms with Gasteiger partial charge in [0.05, 0.1) is 40.9 Å². The molecule has 0 unspecified atom stereocenters. The molecule has 0 saturated heterocycles. The summed E-state index contributed by atoms with van der Waals surface area (Å²) in [5.41, 5.74) is 0.417. The smallest absolute Gasteiger partial charge is 0.256 e. The van der Waals surface area contributed by atoms with E-state index in [1.54, 1.807) is 0 Å². The fraction of sp³-hybridized carbons (Fsp3) is 0.500. The minimum atomic E-state index is -2.21. The van der Waals surface area contributed by atoms with Crippen molar-refractivity contribution in [2.24, 2.45) is 0 Å². The molecule has 0 aliphatic heterocycles. The minimum absolute atomic E-state index is 0.0443. The number of nitrogens with zero attached hydrogens (tertiary/aromatic N) is 1. The van der Waals surface area contributed by atoms with Gasteiger partial charge < -0.3 is 46.2 Å². The molecule has 0 heterocycles. The van der Waals surface area contributed by atoms with Gasteiger partial charge in [-0.3, -0.25) is 14.4 Å². The molecule has 0 aromatic heterocycles. The molecular weight excluding hydrogens is 783 g/mol. The summed E-state index contributed by atoms with van der Waals surface area (Å²) in [6.45, 7) is -0.102. The third-order valence-corrected chi connectivity index (χ3v) is 7.67. The molecule has 0 spiro atoms. The van der Waals surface area contributed by atoms with Gasteiger partial charge in [0.25, 0.3) is 11.8 Å². The first-order valence-corrected chi connectivity index (χ1v) is 12.5. The van der Waals surface area contributed by atoms with Crippen molar-refractivity contribution in [3.63, 3.8) is 0 Å². The van der Waals surface area contributed by atoms with Crippen LogP contribution in [0.1, 0.15) is 17.3 Å². The molecule has 0 saturated carbocycles. The van der Waals surface area contributed by atoms with Crippen molar-refractivity contribution >= 4 is 96.9 Å². The van der Waals surface area contributed by atoms with Crippen LogP contribution in [0.3, 0.4) is 0 Å². The molecule has 0 bridgehead atoms. The van der Waals surface area contributed by atoms with Gasteiger partial charge in [-0.25, -0.2) is 0 Å². The summed E-state index contributed by atoms with van der Waals surface area (Å²) < 4.78 is 0.955. The van der Waals surface area contributed by atoms with Crippen molar-refractivity contribution in [1.29, 1.82) is 0 Å². The number of carbonyl (C=O) groups excluding carboxylic acids is 3. The van der Waals surface area contributed by atoms with Gasteiger partial charge >= 0.3 is 0 Å². The number of aliphatic hydroxyl groups is 6. The number of nitrogens with one attached hydrogen (secondary N) is 2. The van der Waals surface area contributed by atoms with Gasteiger partial charge in [-0.15, -0.1) is 0 Å². The maximum Gasteiger partial charge on any atom is 0.256 e. The Labute approximate surface area is 230 Å². The Morgan fingerprint density at radius 2 is 1.55 bits per heavy atom. The molecule has 1 aromatic carbocycles. The Kier molecular flexibility index (Phi) is 12.6. The highest BCUT2D eigenvalue weighted by Gasteiger charge is 2.36. The second-order valence-corrected chi connectivity index (χ2v) is 9.92. The quantitative estimate of drug-likeness (QED) is 0.131. The second kappa shape index (κ2) is 13.6. The third kappa shape index (κ3) is 7.06. The average molecular weight is 807 g/mol. The molecule has 0 radical (unpaired) electrons. The Morgan fingerprint density at radius 3 is 2.00 bits per heavy atom. The third-order valence-electron chi connectivity index (χ3n) is 4.49. The zero-order chi connectivity index (χ0) is 25.6. The zero-order valence-corrected chi connectivity index (χ0v) is 23.9. The van der Waals surface area contributed by atoms with Gasteiger partial charge in [-0.1, -0.05) is 0 Å². The van der Waals surface area contributed by atoms with Crippen LogP contribution in [-0.2, 0) is 9.59 Å². The number of halogens is 3. The molecule has 12 nitrogen and oxygen atoms in total. The van der Waals surface area contributed by atoms with Crippen molar-refractivity contribution in [3.05, 3.63) is 16.3 Å². The molecule has 33 heavy (non-hydrogen) atoms. The first kappa shape index (κ1) is 30.6. The van der Waals surface area contributed by atoms with Gasteiger partial charge in [-0.05, 0) is 67.8 Å². The lowest BCUT2D eigenvalue weighted by atomic mass is 10.0. The van der Waals surface area contributed by atoms with Gasteiger partial charge in [0.15, 0.2) is 6.10 Å². The Bertz CT molecular complexity index is 903. The number of benzene rings is 1. The first-order valence-electron chi connectivity index (χ1n) is 9.30. The molecule has 8 N–H and O–H groups in total. The number of carbonyl (C=O) groups is 3. The summed E-state index contributed by atoms with van der Waals surface area (Å²) >= 11 is 5.53. The van der Waals surface area contributed by atoms with Gasteiger partial charge in [0, 0.05) is 20.5 Å². The monoisotopic (exact) mass is 807 g/mol. The van der Waals surface area contributed by atoms with E-state index in [0.29, 0.717) is 7.14 Å². The van der Waals surface area contributed by atoms with Gasteiger partial charge in [0.2, 0.25) is 5.91 Å². The largest absolute Gasteiger partial charge is 0.395 e. The first-order chi connectivity index (χ1) is 15.3. The van der Waals surface area contributed by atoms with E-state index in [4.69, 9.17) is 5.11 Å². The van der Waals surface area contributed by atoms with Crippen molar-refractivity contribution in [2.45, 2.75) is 31.3 Å². The van der Waals surface area contributed by atoms with E-state index >= 15 is 0 Å². The van der Waals surface area contributed by atoms with E-state index in [9.17, 15) is 39.9 Å². The fourth-order valence-corrected chi connectivity index (χ4v) is 7.23. The van der Waals surface area contributed by atoms with Crippen molar-refractivity contribution in [1.82, 2.24) is 5.32 Å². The zero-order valence-electron chi connectivity index (χ0n) is 17.4. The van der Waals surface area contributed by atoms with E-state index in [0.717, 1.165) is 0 Å². The average Bonchev–Trinajstić information content (AvgIpc) is 2.78. The highest BCUT2D eigenvalue weighted by atomic mass is 127. The Hall–Kier alpha value is -0.420. The normalized spacial score (nSPS) is 14.8. The van der Waals surface area contributed by atoms with E-state index in [1.807, 2.05) is 67.8 Å². The van der Waals surface area contributed by atoms with Crippen LogP contribution in [-0.4, -0.2) is 99.6 Å². The van der Waals surface area contributed by atoms with Gasteiger partial charge in [0.1, 0.15) is 18.3 Å². The predicted molar refractivity (Wildman–Crippen MR) is 143 cm³/mol. The molecule has 0 aliphatic carbocycles. The number of anilines is 2. The summed E-state index contributed by atoms with van der Waals surface area (Å²) in [5, 5.41) is 62.6. The Morgan fingerprint density at radius 1 is 0.970 bits per heavy atom. The topological polar surface area (TPSA) is 200 Å². The Balaban J connectivity index is 3.60. The lowest BCUT2D eigenvalue weighted by molar-refractivity contribution is -0.144. The summed E-state index contributed by atoms with van der Waals surface area (Å²) in [6.07, 6.45) is -8.15. The van der Waals surface area contributed by atoms with E-state index < -0.39 is 48.7 Å².